The van der Waals surface area contributed by atoms with E-state index in [1.54, 1.807) is 21.1 Å². The highest BCUT2D eigenvalue weighted by Gasteiger charge is 2.26. The summed E-state index contributed by atoms with van der Waals surface area (Å²) < 4.78 is 10.6. The zero-order valence-corrected chi connectivity index (χ0v) is 12.8. The van der Waals surface area contributed by atoms with Crippen molar-refractivity contribution in [1.29, 1.82) is 0 Å². The van der Waals surface area contributed by atoms with E-state index in [-0.39, 0.29) is 5.92 Å². The van der Waals surface area contributed by atoms with Crippen LogP contribution in [0.2, 0.25) is 0 Å². The lowest BCUT2D eigenvalue weighted by Gasteiger charge is -2.20. The minimum Gasteiger partial charge on any atom is -0.493 e. The van der Waals surface area contributed by atoms with Crippen molar-refractivity contribution in [2.75, 3.05) is 32.2 Å². The van der Waals surface area contributed by atoms with Gasteiger partial charge in [0.15, 0.2) is 11.5 Å². The molecule has 1 saturated heterocycles. The highest BCUT2D eigenvalue weighted by molar-refractivity contribution is 5.69. The molecule has 1 aromatic rings. The lowest BCUT2D eigenvalue weighted by molar-refractivity contribution is -0.141. The molecule has 1 aliphatic rings. The lowest BCUT2D eigenvalue weighted by Crippen LogP contribution is -2.21. The molecule has 1 N–H and O–H groups in total. The summed E-state index contributed by atoms with van der Waals surface area (Å²) in [5.74, 6) is 0.887. The summed E-state index contributed by atoms with van der Waals surface area (Å²) in [6.45, 7) is 3.63. The van der Waals surface area contributed by atoms with Gasteiger partial charge < -0.3 is 19.5 Å². The third kappa shape index (κ3) is 3.60. The van der Waals surface area contributed by atoms with Crippen molar-refractivity contribution in [2.24, 2.45) is 11.8 Å². The molecule has 5 heteroatoms. The summed E-state index contributed by atoms with van der Waals surface area (Å²) in [5.41, 5.74) is 1.10. The predicted molar refractivity (Wildman–Crippen MR) is 81.3 cm³/mol. The number of benzene rings is 1. The fourth-order valence-corrected chi connectivity index (χ4v) is 2.88. The largest absolute Gasteiger partial charge is 0.493 e. The molecule has 21 heavy (non-hydrogen) atoms. The minimum absolute atomic E-state index is 0.277. The van der Waals surface area contributed by atoms with Crippen molar-refractivity contribution in [3.63, 3.8) is 0 Å². The van der Waals surface area contributed by atoms with Crippen LogP contribution in [0.3, 0.4) is 0 Å². The number of hydrogen-bond donors (Lipinski definition) is 1. The average Bonchev–Trinajstić information content (AvgIpc) is 2.94. The summed E-state index contributed by atoms with van der Waals surface area (Å²) in [6, 6.07) is 5.90. The zero-order chi connectivity index (χ0) is 15.4. The second-order valence-corrected chi connectivity index (χ2v) is 5.61. The fraction of sp³-hybridized carbons (Fsp3) is 0.562. The van der Waals surface area contributed by atoms with Gasteiger partial charge in [-0.05, 0) is 30.9 Å². The zero-order valence-electron chi connectivity index (χ0n) is 12.8. The van der Waals surface area contributed by atoms with Gasteiger partial charge in [0.2, 0.25) is 0 Å². The summed E-state index contributed by atoms with van der Waals surface area (Å²) in [7, 11) is 3.25. The van der Waals surface area contributed by atoms with Crippen molar-refractivity contribution in [3.05, 3.63) is 18.2 Å². The lowest BCUT2D eigenvalue weighted by atomic mass is 9.95. The molecule has 0 bridgehead atoms. The Bertz CT molecular complexity index is 503. The van der Waals surface area contributed by atoms with E-state index in [9.17, 15) is 4.79 Å². The Balaban J connectivity index is 2.02. The maximum atomic E-state index is 10.9. The van der Waals surface area contributed by atoms with Gasteiger partial charge in [0.05, 0.1) is 20.1 Å². The van der Waals surface area contributed by atoms with E-state index in [0.29, 0.717) is 5.92 Å². The van der Waals surface area contributed by atoms with Gasteiger partial charge in [-0.25, -0.2) is 0 Å². The SMILES string of the molecule is COc1ccc(N2CCC(CC(C)C(=O)O)C2)cc1OC. The monoisotopic (exact) mass is 293 g/mol. The first-order valence-electron chi connectivity index (χ1n) is 7.25. The molecule has 0 aromatic heterocycles. The molecule has 116 valence electrons. The number of methoxy groups -OCH3 is 2. The number of carboxylic acid groups (broad SMARTS) is 1. The third-order valence-electron chi connectivity index (χ3n) is 4.13. The van der Waals surface area contributed by atoms with Crippen molar-refractivity contribution >= 4 is 11.7 Å². The Kier molecular flexibility index (Phi) is 4.94. The van der Waals surface area contributed by atoms with Gasteiger partial charge in [-0.2, -0.15) is 0 Å². The molecule has 0 aliphatic carbocycles. The molecule has 1 aliphatic heterocycles. The molecule has 2 unspecified atom stereocenters. The number of carbonyl (C=O) groups is 1. The first-order chi connectivity index (χ1) is 10.0. The molecule has 2 rings (SSSR count). The normalized spacial score (nSPS) is 19.4. The van der Waals surface area contributed by atoms with E-state index in [1.165, 1.54) is 0 Å². The van der Waals surface area contributed by atoms with Gasteiger partial charge in [0, 0.05) is 24.8 Å². The highest BCUT2D eigenvalue weighted by atomic mass is 16.5. The number of anilines is 1. The molecule has 2 atom stereocenters. The molecule has 0 spiro atoms. The van der Waals surface area contributed by atoms with Gasteiger partial charge in [-0.1, -0.05) is 6.92 Å². The van der Waals surface area contributed by atoms with Crippen LogP contribution in [0.1, 0.15) is 19.8 Å². The van der Waals surface area contributed by atoms with Gasteiger partial charge in [-0.3, -0.25) is 4.79 Å². The fourth-order valence-electron chi connectivity index (χ4n) is 2.88. The molecule has 0 amide bonds. The molecular weight excluding hydrogens is 270 g/mol. The summed E-state index contributed by atoms with van der Waals surface area (Å²) >= 11 is 0. The molecule has 1 aromatic carbocycles. The first-order valence-corrected chi connectivity index (χ1v) is 7.25. The second kappa shape index (κ2) is 6.70. The summed E-state index contributed by atoms with van der Waals surface area (Å²) in [5, 5.41) is 9.01. The van der Waals surface area contributed by atoms with Crippen LogP contribution in [-0.2, 0) is 4.79 Å². The van der Waals surface area contributed by atoms with E-state index in [2.05, 4.69) is 4.90 Å². The van der Waals surface area contributed by atoms with Crippen LogP contribution < -0.4 is 14.4 Å². The molecular formula is C16H23NO4. The van der Waals surface area contributed by atoms with E-state index in [1.807, 2.05) is 18.2 Å². The van der Waals surface area contributed by atoms with Crippen molar-refractivity contribution in [1.82, 2.24) is 0 Å². The number of ether oxygens (including phenoxy) is 2. The predicted octanol–water partition coefficient (Wildman–Crippen LogP) is 2.64. The maximum absolute atomic E-state index is 10.9. The average molecular weight is 293 g/mol. The molecule has 1 fully saturated rings. The molecule has 0 radical (unpaired) electrons. The van der Waals surface area contributed by atoms with Gasteiger partial charge >= 0.3 is 5.97 Å². The Hall–Kier alpha value is -1.91. The maximum Gasteiger partial charge on any atom is 0.306 e. The quantitative estimate of drug-likeness (QED) is 0.873. The van der Waals surface area contributed by atoms with E-state index >= 15 is 0 Å². The smallest absolute Gasteiger partial charge is 0.306 e. The van der Waals surface area contributed by atoms with Crippen LogP contribution in [0, 0.1) is 11.8 Å². The van der Waals surface area contributed by atoms with Crippen LogP contribution in [0.25, 0.3) is 0 Å². The number of nitrogens with zero attached hydrogens (tertiary/aromatic N) is 1. The highest BCUT2D eigenvalue weighted by Crippen LogP contribution is 2.34. The minimum atomic E-state index is -0.709. The molecule has 5 nitrogen and oxygen atoms in total. The van der Waals surface area contributed by atoms with E-state index in [0.717, 1.165) is 43.1 Å². The van der Waals surface area contributed by atoms with Gasteiger partial charge in [-0.15, -0.1) is 0 Å². The topological polar surface area (TPSA) is 59.0 Å². The van der Waals surface area contributed by atoms with E-state index in [4.69, 9.17) is 14.6 Å². The van der Waals surface area contributed by atoms with Crippen molar-refractivity contribution in [2.45, 2.75) is 19.8 Å². The van der Waals surface area contributed by atoms with Gasteiger partial charge in [0.25, 0.3) is 0 Å². The number of rotatable bonds is 6. The number of aliphatic carboxylic acids is 1. The Morgan fingerprint density at radius 1 is 1.38 bits per heavy atom. The summed E-state index contributed by atoms with van der Waals surface area (Å²) in [4.78, 5) is 13.2. The van der Waals surface area contributed by atoms with Gasteiger partial charge in [0.1, 0.15) is 0 Å². The van der Waals surface area contributed by atoms with Crippen molar-refractivity contribution < 1.29 is 19.4 Å². The molecule has 0 saturated carbocycles. The number of hydrogen-bond acceptors (Lipinski definition) is 4. The van der Waals surface area contributed by atoms with Crippen LogP contribution in [0.15, 0.2) is 18.2 Å². The van der Waals surface area contributed by atoms with Crippen molar-refractivity contribution in [3.8, 4) is 11.5 Å². The standard InChI is InChI=1S/C16H23NO4/c1-11(16(18)19)8-12-6-7-17(10-12)13-4-5-14(20-2)15(9-13)21-3/h4-5,9,11-12H,6-8,10H2,1-3H3,(H,18,19). The Morgan fingerprint density at radius 3 is 2.71 bits per heavy atom. The Morgan fingerprint density at radius 2 is 2.10 bits per heavy atom. The third-order valence-corrected chi connectivity index (χ3v) is 4.13. The summed E-state index contributed by atoms with van der Waals surface area (Å²) in [6.07, 6.45) is 1.77. The van der Waals surface area contributed by atoms with Crippen LogP contribution in [0.5, 0.6) is 11.5 Å². The molecule has 1 heterocycles. The second-order valence-electron chi connectivity index (χ2n) is 5.61. The van der Waals surface area contributed by atoms with Crippen LogP contribution in [0.4, 0.5) is 5.69 Å². The van der Waals surface area contributed by atoms with Crippen LogP contribution in [-0.4, -0.2) is 38.4 Å². The van der Waals surface area contributed by atoms with E-state index < -0.39 is 5.97 Å². The first kappa shape index (κ1) is 15.5. The van der Waals surface area contributed by atoms with Crippen LogP contribution >= 0.6 is 0 Å². The Labute approximate surface area is 125 Å². The number of carboxylic acids is 1.